The summed E-state index contributed by atoms with van der Waals surface area (Å²) in [5, 5.41) is 11.0. The summed E-state index contributed by atoms with van der Waals surface area (Å²) < 4.78 is 37.0. The number of halogens is 3. The van der Waals surface area contributed by atoms with E-state index < -0.39 is 18.1 Å². The molecule has 74 valence electrons. The van der Waals surface area contributed by atoms with Gasteiger partial charge in [0, 0.05) is 6.04 Å². The van der Waals surface area contributed by atoms with Gasteiger partial charge in [0.2, 0.25) is 0 Å². The van der Waals surface area contributed by atoms with Crippen molar-refractivity contribution in [2.75, 3.05) is 0 Å². The van der Waals surface area contributed by atoms with Gasteiger partial charge in [-0.25, -0.2) is 0 Å². The first-order valence-electron chi connectivity index (χ1n) is 4.10. The minimum atomic E-state index is -4.32. The van der Waals surface area contributed by atoms with Crippen molar-refractivity contribution >= 4 is 0 Å². The van der Waals surface area contributed by atoms with Crippen LogP contribution in [0.5, 0.6) is 0 Å². The second kappa shape index (κ2) is 3.18. The Morgan fingerprint density at radius 3 is 2.15 bits per heavy atom. The Labute approximate surface area is 74.7 Å². The third kappa shape index (κ3) is 1.78. The quantitative estimate of drug-likeness (QED) is 0.633. The Morgan fingerprint density at radius 1 is 1.31 bits per heavy atom. The molecule has 0 saturated carbocycles. The lowest BCUT2D eigenvalue weighted by Crippen LogP contribution is -2.42. The van der Waals surface area contributed by atoms with E-state index >= 15 is 0 Å². The van der Waals surface area contributed by atoms with Crippen molar-refractivity contribution in [1.82, 2.24) is 5.32 Å². The number of hydrogen-bond acceptors (Lipinski definition) is 2. The van der Waals surface area contributed by atoms with Gasteiger partial charge in [0.05, 0.1) is 12.0 Å². The summed E-state index contributed by atoms with van der Waals surface area (Å²) >= 11 is 0. The van der Waals surface area contributed by atoms with E-state index in [1.54, 1.807) is 19.9 Å². The molecule has 0 bridgehead atoms. The average Bonchev–Trinajstić information content (AvgIpc) is 2.28. The van der Waals surface area contributed by atoms with Gasteiger partial charge in [-0.2, -0.15) is 18.4 Å². The first-order chi connectivity index (χ1) is 5.88. The molecule has 0 radical (unpaired) electrons. The van der Waals surface area contributed by atoms with E-state index in [1.165, 1.54) is 0 Å². The van der Waals surface area contributed by atoms with Crippen molar-refractivity contribution in [2.24, 2.45) is 11.8 Å². The van der Waals surface area contributed by atoms with Crippen molar-refractivity contribution in [2.45, 2.75) is 32.1 Å². The van der Waals surface area contributed by atoms with Gasteiger partial charge in [0.1, 0.15) is 6.04 Å². The van der Waals surface area contributed by atoms with Crippen LogP contribution in [0.2, 0.25) is 0 Å². The molecule has 1 rings (SSSR count). The van der Waals surface area contributed by atoms with Crippen LogP contribution in [0.4, 0.5) is 13.2 Å². The normalized spacial score (nSPS) is 40.3. The topological polar surface area (TPSA) is 35.8 Å². The maximum absolute atomic E-state index is 12.3. The molecule has 0 aromatic rings. The monoisotopic (exact) mass is 192 g/mol. The van der Waals surface area contributed by atoms with Gasteiger partial charge < -0.3 is 5.32 Å². The van der Waals surface area contributed by atoms with Gasteiger partial charge in [-0.15, -0.1) is 0 Å². The molecule has 1 heterocycles. The van der Waals surface area contributed by atoms with E-state index in [4.69, 9.17) is 5.26 Å². The Morgan fingerprint density at radius 2 is 1.85 bits per heavy atom. The third-order valence-corrected chi connectivity index (χ3v) is 2.66. The summed E-state index contributed by atoms with van der Waals surface area (Å²) in [5.74, 6) is -1.22. The fourth-order valence-corrected chi connectivity index (χ4v) is 1.64. The second-order valence-electron chi connectivity index (χ2n) is 3.49. The van der Waals surface area contributed by atoms with E-state index in [1.807, 2.05) is 0 Å². The molecule has 0 amide bonds. The van der Waals surface area contributed by atoms with Crippen LogP contribution in [0.3, 0.4) is 0 Å². The van der Waals surface area contributed by atoms with Gasteiger partial charge in [-0.3, -0.25) is 0 Å². The number of nitriles is 1. The third-order valence-electron chi connectivity index (χ3n) is 2.66. The van der Waals surface area contributed by atoms with Gasteiger partial charge in [-0.05, 0) is 12.8 Å². The highest BCUT2D eigenvalue weighted by molar-refractivity contribution is 5.06. The highest BCUT2D eigenvalue weighted by Crippen LogP contribution is 2.36. The molecule has 0 aromatic carbocycles. The molecule has 4 unspecified atom stereocenters. The van der Waals surface area contributed by atoms with Crippen molar-refractivity contribution in [3.05, 3.63) is 0 Å². The fourth-order valence-electron chi connectivity index (χ4n) is 1.64. The van der Waals surface area contributed by atoms with Crippen LogP contribution in [0.25, 0.3) is 0 Å². The predicted octanol–water partition coefficient (Wildman–Crippen LogP) is 1.68. The maximum atomic E-state index is 12.3. The van der Waals surface area contributed by atoms with Crippen molar-refractivity contribution in [3.63, 3.8) is 0 Å². The van der Waals surface area contributed by atoms with Crippen LogP contribution in [0, 0.1) is 23.2 Å². The lowest BCUT2D eigenvalue weighted by atomic mass is 9.90. The molecule has 2 nitrogen and oxygen atoms in total. The molecule has 1 fully saturated rings. The van der Waals surface area contributed by atoms with Crippen LogP contribution >= 0.6 is 0 Å². The molecule has 4 atom stereocenters. The summed E-state index contributed by atoms with van der Waals surface area (Å²) in [6.07, 6.45) is -4.32. The predicted molar refractivity (Wildman–Crippen MR) is 40.7 cm³/mol. The zero-order valence-electron chi connectivity index (χ0n) is 7.39. The number of alkyl halides is 3. The Hall–Kier alpha value is -0.760. The molecule has 0 aliphatic carbocycles. The zero-order valence-corrected chi connectivity index (χ0v) is 7.39. The molecule has 5 heteroatoms. The first kappa shape index (κ1) is 10.3. The molecular formula is C8H11F3N2. The molecular weight excluding hydrogens is 181 g/mol. The summed E-state index contributed by atoms with van der Waals surface area (Å²) in [4.78, 5) is 0. The second-order valence-corrected chi connectivity index (χ2v) is 3.49. The van der Waals surface area contributed by atoms with E-state index in [2.05, 4.69) is 5.32 Å². The van der Waals surface area contributed by atoms with Crippen LogP contribution in [0.15, 0.2) is 0 Å². The summed E-state index contributed by atoms with van der Waals surface area (Å²) in [6, 6.07) is -0.200. The highest BCUT2D eigenvalue weighted by atomic mass is 19.4. The summed E-state index contributed by atoms with van der Waals surface area (Å²) in [7, 11) is 0. The minimum absolute atomic E-state index is 0.253. The van der Waals surface area contributed by atoms with Crippen LogP contribution < -0.4 is 5.32 Å². The summed E-state index contributed by atoms with van der Waals surface area (Å²) in [6.45, 7) is 3.33. The zero-order chi connectivity index (χ0) is 10.2. The largest absolute Gasteiger partial charge is 0.405 e. The lowest BCUT2D eigenvalue weighted by Gasteiger charge is -2.18. The van der Waals surface area contributed by atoms with E-state index in [0.717, 1.165) is 0 Å². The average molecular weight is 192 g/mol. The fraction of sp³-hybridized carbons (Fsp3) is 0.875. The maximum Gasteiger partial charge on any atom is 0.405 e. The Balaban J connectivity index is 2.85. The molecule has 13 heavy (non-hydrogen) atoms. The van der Waals surface area contributed by atoms with E-state index in [9.17, 15) is 13.2 Å². The van der Waals surface area contributed by atoms with Crippen molar-refractivity contribution in [1.29, 1.82) is 5.26 Å². The first-order valence-corrected chi connectivity index (χ1v) is 4.10. The van der Waals surface area contributed by atoms with Gasteiger partial charge in [0.15, 0.2) is 0 Å². The van der Waals surface area contributed by atoms with E-state index in [-0.39, 0.29) is 12.0 Å². The number of hydrogen-bond donors (Lipinski definition) is 1. The Bertz CT molecular complexity index is 231. The molecule has 0 aromatic heterocycles. The van der Waals surface area contributed by atoms with E-state index in [0.29, 0.717) is 0 Å². The molecule has 0 spiro atoms. The lowest BCUT2D eigenvalue weighted by molar-refractivity contribution is -0.158. The van der Waals surface area contributed by atoms with Gasteiger partial charge >= 0.3 is 6.18 Å². The summed E-state index contributed by atoms with van der Waals surface area (Å²) in [5.41, 5.74) is 0. The van der Waals surface area contributed by atoms with Crippen LogP contribution in [-0.4, -0.2) is 18.3 Å². The number of nitrogens with one attached hydrogen (secondary N) is 1. The number of rotatable bonds is 0. The van der Waals surface area contributed by atoms with Crippen LogP contribution in [0.1, 0.15) is 13.8 Å². The molecule has 1 aliphatic heterocycles. The smallest absolute Gasteiger partial charge is 0.302 e. The Kier molecular flexibility index (Phi) is 2.53. The van der Waals surface area contributed by atoms with Crippen LogP contribution in [-0.2, 0) is 0 Å². The molecule has 1 saturated heterocycles. The molecule has 1 aliphatic rings. The minimum Gasteiger partial charge on any atom is -0.302 e. The van der Waals surface area contributed by atoms with Gasteiger partial charge in [0.25, 0.3) is 0 Å². The van der Waals surface area contributed by atoms with Crippen molar-refractivity contribution < 1.29 is 13.2 Å². The SMILES string of the molecule is CC1NC(C(F)(F)F)C(C#N)C1C. The highest BCUT2D eigenvalue weighted by Gasteiger charge is 2.52. The van der Waals surface area contributed by atoms with Gasteiger partial charge in [-0.1, -0.05) is 6.92 Å². The van der Waals surface area contributed by atoms with Crippen molar-refractivity contribution in [3.8, 4) is 6.07 Å². The molecule has 1 N–H and O–H groups in total. The standard InChI is InChI=1S/C8H11F3N2/c1-4-5(2)13-7(6(4)3-12)8(9,10)11/h4-7,13H,1-2H3. The number of nitrogens with zero attached hydrogens (tertiary/aromatic N) is 1.